The highest BCUT2D eigenvalue weighted by Crippen LogP contribution is 2.26. The molecule has 6 heteroatoms. The van der Waals surface area contributed by atoms with E-state index in [9.17, 15) is 9.18 Å². The van der Waals surface area contributed by atoms with Gasteiger partial charge in [0.1, 0.15) is 5.82 Å². The van der Waals surface area contributed by atoms with Crippen molar-refractivity contribution in [2.75, 3.05) is 11.1 Å². The first-order chi connectivity index (χ1) is 11.2. The fourth-order valence-electron chi connectivity index (χ4n) is 2.07. The third kappa shape index (κ3) is 4.53. The van der Waals surface area contributed by atoms with Crippen molar-refractivity contribution in [3.8, 4) is 0 Å². The number of anilines is 1. The van der Waals surface area contributed by atoms with E-state index in [1.807, 2.05) is 18.2 Å². The number of rotatable bonds is 6. The molecule has 23 heavy (non-hydrogen) atoms. The zero-order chi connectivity index (χ0) is 16.1. The molecule has 2 aromatic carbocycles. The Morgan fingerprint density at radius 1 is 1.22 bits per heavy atom. The van der Waals surface area contributed by atoms with Gasteiger partial charge in [0, 0.05) is 11.3 Å². The van der Waals surface area contributed by atoms with Gasteiger partial charge in [0.15, 0.2) is 5.13 Å². The van der Waals surface area contributed by atoms with E-state index in [0.717, 1.165) is 16.9 Å². The van der Waals surface area contributed by atoms with Crippen LogP contribution in [0.5, 0.6) is 0 Å². The van der Waals surface area contributed by atoms with Crippen molar-refractivity contribution in [1.82, 2.24) is 4.98 Å². The Morgan fingerprint density at radius 2 is 2.04 bits per heavy atom. The topological polar surface area (TPSA) is 42.0 Å². The number of amides is 1. The van der Waals surface area contributed by atoms with E-state index in [0.29, 0.717) is 17.1 Å². The number of nitrogens with one attached hydrogen (secondary N) is 1. The molecule has 0 aliphatic rings. The molecule has 1 N–H and O–H groups in total. The fourth-order valence-corrected chi connectivity index (χ4v) is 3.85. The first-order valence-electron chi connectivity index (χ1n) is 7.24. The molecule has 0 atom stereocenters. The lowest BCUT2D eigenvalue weighted by atomic mass is 10.3. The Bertz CT molecular complexity index is 805. The van der Waals surface area contributed by atoms with Crippen molar-refractivity contribution in [2.24, 2.45) is 0 Å². The van der Waals surface area contributed by atoms with Crippen LogP contribution in [0.1, 0.15) is 12.8 Å². The molecule has 0 saturated carbocycles. The maximum atomic E-state index is 13.1. The Kier molecular flexibility index (Phi) is 5.25. The van der Waals surface area contributed by atoms with Gasteiger partial charge in [-0.2, -0.15) is 0 Å². The summed E-state index contributed by atoms with van der Waals surface area (Å²) in [4.78, 5) is 17.4. The number of hydrogen-bond acceptors (Lipinski definition) is 4. The van der Waals surface area contributed by atoms with Gasteiger partial charge in [0.05, 0.1) is 10.2 Å². The minimum Gasteiger partial charge on any atom is -0.302 e. The maximum absolute atomic E-state index is 13.1. The Labute approximate surface area is 141 Å². The Morgan fingerprint density at radius 3 is 2.87 bits per heavy atom. The van der Waals surface area contributed by atoms with E-state index < -0.39 is 0 Å². The summed E-state index contributed by atoms with van der Waals surface area (Å²) in [7, 11) is 0. The molecule has 0 aliphatic heterocycles. The van der Waals surface area contributed by atoms with Gasteiger partial charge in [-0.3, -0.25) is 4.79 Å². The standard InChI is InChI=1S/C17H15FN2OS2/c18-12-8-9-14-15(11-12)23-17(19-14)20-16(21)7-4-10-22-13-5-2-1-3-6-13/h1-3,5-6,8-9,11H,4,7,10H2,(H,19,20,21). The second-order valence-electron chi connectivity index (χ2n) is 4.94. The van der Waals surface area contributed by atoms with E-state index in [2.05, 4.69) is 22.4 Å². The normalized spacial score (nSPS) is 10.8. The van der Waals surface area contributed by atoms with Gasteiger partial charge in [0.2, 0.25) is 5.91 Å². The summed E-state index contributed by atoms with van der Waals surface area (Å²) in [6, 6.07) is 14.5. The highest BCUT2D eigenvalue weighted by atomic mass is 32.2. The van der Waals surface area contributed by atoms with Crippen LogP contribution in [-0.2, 0) is 4.79 Å². The van der Waals surface area contributed by atoms with Crippen molar-refractivity contribution >= 4 is 44.4 Å². The Hall–Kier alpha value is -1.92. The number of halogens is 1. The van der Waals surface area contributed by atoms with Crippen LogP contribution in [0.3, 0.4) is 0 Å². The van der Waals surface area contributed by atoms with E-state index in [4.69, 9.17) is 0 Å². The van der Waals surface area contributed by atoms with Crippen LogP contribution in [0.2, 0.25) is 0 Å². The number of aromatic nitrogens is 1. The summed E-state index contributed by atoms with van der Waals surface area (Å²) in [5.74, 6) is 0.540. The highest BCUT2D eigenvalue weighted by molar-refractivity contribution is 7.99. The van der Waals surface area contributed by atoms with E-state index in [1.54, 1.807) is 17.8 Å². The predicted molar refractivity (Wildman–Crippen MR) is 94.6 cm³/mol. The van der Waals surface area contributed by atoms with Gasteiger partial charge < -0.3 is 5.32 Å². The number of nitrogens with zero attached hydrogens (tertiary/aromatic N) is 1. The molecule has 3 nitrogen and oxygen atoms in total. The average molecular weight is 346 g/mol. The highest BCUT2D eigenvalue weighted by Gasteiger charge is 2.08. The van der Waals surface area contributed by atoms with Crippen molar-refractivity contribution in [3.63, 3.8) is 0 Å². The second kappa shape index (κ2) is 7.57. The first-order valence-corrected chi connectivity index (χ1v) is 9.05. The average Bonchev–Trinajstić information content (AvgIpc) is 2.94. The minimum absolute atomic E-state index is 0.0572. The number of carbonyl (C=O) groups excluding carboxylic acids is 1. The van der Waals surface area contributed by atoms with Crippen LogP contribution in [0.4, 0.5) is 9.52 Å². The number of thioether (sulfide) groups is 1. The van der Waals surface area contributed by atoms with Gasteiger partial charge in [-0.25, -0.2) is 9.37 Å². The molecule has 0 bridgehead atoms. The lowest BCUT2D eigenvalue weighted by molar-refractivity contribution is -0.116. The van der Waals surface area contributed by atoms with Crippen molar-refractivity contribution in [2.45, 2.75) is 17.7 Å². The van der Waals surface area contributed by atoms with Crippen LogP contribution >= 0.6 is 23.1 Å². The molecule has 0 aliphatic carbocycles. The van der Waals surface area contributed by atoms with Crippen LogP contribution in [0.15, 0.2) is 53.4 Å². The van der Waals surface area contributed by atoms with Gasteiger partial charge in [0.25, 0.3) is 0 Å². The van der Waals surface area contributed by atoms with Gasteiger partial charge >= 0.3 is 0 Å². The molecule has 1 aromatic heterocycles. The fraction of sp³-hybridized carbons (Fsp3) is 0.176. The third-order valence-corrected chi connectivity index (χ3v) is 5.19. The van der Waals surface area contributed by atoms with Crippen LogP contribution < -0.4 is 5.32 Å². The summed E-state index contributed by atoms with van der Waals surface area (Å²) in [6.07, 6.45) is 1.25. The zero-order valence-electron chi connectivity index (χ0n) is 12.3. The zero-order valence-corrected chi connectivity index (χ0v) is 13.9. The molecular formula is C17H15FN2OS2. The molecule has 0 radical (unpaired) electrons. The number of fused-ring (bicyclic) bond motifs is 1. The van der Waals surface area contributed by atoms with Crippen molar-refractivity contribution in [3.05, 3.63) is 54.3 Å². The molecule has 0 fully saturated rings. The molecule has 1 amide bonds. The largest absolute Gasteiger partial charge is 0.302 e. The SMILES string of the molecule is O=C(CCCSc1ccccc1)Nc1nc2ccc(F)cc2s1. The van der Waals surface area contributed by atoms with Gasteiger partial charge in [-0.05, 0) is 42.5 Å². The Balaban J connectivity index is 1.46. The molecular weight excluding hydrogens is 331 g/mol. The van der Waals surface area contributed by atoms with E-state index in [1.165, 1.54) is 28.4 Å². The van der Waals surface area contributed by atoms with E-state index in [-0.39, 0.29) is 11.7 Å². The summed E-state index contributed by atoms with van der Waals surface area (Å²) in [5.41, 5.74) is 0.700. The third-order valence-electron chi connectivity index (χ3n) is 3.16. The number of benzene rings is 2. The first kappa shape index (κ1) is 16.0. The molecule has 0 saturated heterocycles. The minimum atomic E-state index is -0.294. The van der Waals surface area contributed by atoms with Crippen molar-refractivity contribution < 1.29 is 9.18 Å². The number of carbonyl (C=O) groups is 1. The summed E-state index contributed by atoms with van der Waals surface area (Å²) < 4.78 is 13.9. The van der Waals surface area contributed by atoms with Crippen LogP contribution in [0.25, 0.3) is 10.2 Å². The molecule has 3 aromatic rings. The second-order valence-corrected chi connectivity index (χ2v) is 7.14. The molecule has 1 heterocycles. The van der Waals surface area contributed by atoms with Gasteiger partial charge in [-0.1, -0.05) is 29.5 Å². The summed E-state index contributed by atoms with van der Waals surface area (Å²) in [5, 5.41) is 3.31. The van der Waals surface area contributed by atoms with E-state index >= 15 is 0 Å². The van der Waals surface area contributed by atoms with Crippen molar-refractivity contribution in [1.29, 1.82) is 0 Å². The molecule has 0 unspecified atom stereocenters. The molecule has 3 rings (SSSR count). The maximum Gasteiger partial charge on any atom is 0.226 e. The summed E-state index contributed by atoms with van der Waals surface area (Å²) >= 11 is 3.03. The van der Waals surface area contributed by atoms with Crippen LogP contribution in [-0.4, -0.2) is 16.6 Å². The predicted octanol–water partition coefficient (Wildman–Crippen LogP) is 4.95. The smallest absolute Gasteiger partial charge is 0.226 e. The lowest BCUT2D eigenvalue weighted by Crippen LogP contribution is -2.11. The van der Waals surface area contributed by atoms with Crippen LogP contribution in [0, 0.1) is 5.82 Å². The summed E-state index contributed by atoms with van der Waals surface area (Å²) in [6.45, 7) is 0. The monoisotopic (exact) mass is 346 g/mol. The lowest BCUT2D eigenvalue weighted by Gasteiger charge is -2.02. The number of hydrogen-bond donors (Lipinski definition) is 1. The number of thiazole rings is 1. The molecule has 118 valence electrons. The quantitative estimate of drug-likeness (QED) is 0.507. The molecule has 0 spiro atoms. The van der Waals surface area contributed by atoms with Gasteiger partial charge in [-0.15, -0.1) is 11.8 Å².